The topological polar surface area (TPSA) is 130 Å². The molecular weight excluding hydrogens is 362 g/mol. The van der Waals surface area contributed by atoms with Crippen molar-refractivity contribution in [3.05, 3.63) is 54.1 Å². The number of carboxylic acid groups (broad SMARTS) is 1. The monoisotopic (exact) mass is 379 g/mol. The van der Waals surface area contributed by atoms with Crippen molar-refractivity contribution < 1.29 is 33.0 Å². The van der Waals surface area contributed by atoms with Gasteiger partial charge in [-0.25, -0.2) is 13.2 Å². The van der Waals surface area contributed by atoms with E-state index >= 15 is 0 Å². The number of rotatable bonds is 8. The van der Waals surface area contributed by atoms with Gasteiger partial charge >= 0.3 is 5.97 Å². The number of aromatic hydroxyl groups is 1. The van der Waals surface area contributed by atoms with Crippen molar-refractivity contribution in [2.45, 2.75) is 11.3 Å². The second kappa shape index (κ2) is 8.34. The van der Waals surface area contributed by atoms with Crippen LogP contribution in [0.1, 0.15) is 16.8 Å². The molecule has 3 N–H and O–H groups in total. The zero-order chi connectivity index (χ0) is 19.2. The lowest BCUT2D eigenvalue weighted by atomic mass is 10.2. The van der Waals surface area contributed by atoms with E-state index < -0.39 is 27.5 Å². The molecule has 0 radical (unpaired) electrons. The summed E-state index contributed by atoms with van der Waals surface area (Å²) in [6.07, 6.45) is -0.240. The van der Waals surface area contributed by atoms with Gasteiger partial charge in [-0.2, -0.15) is 0 Å². The Morgan fingerprint density at radius 1 is 1.08 bits per heavy atom. The third-order valence-corrected chi connectivity index (χ3v) is 5.14. The summed E-state index contributed by atoms with van der Waals surface area (Å²) in [6.45, 7) is -0.270. The van der Waals surface area contributed by atoms with E-state index in [9.17, 15) is 23.1 Å². The molecule has 26 heavy (non-hydrogen) atoms. The maximum absolute atomic E-state index is 12.1. The Morgan fingerprint density at radius 2 is 1.77 bits per heavy atom. The van der Waals surface area contributed by atoms with Crippen LogP contribution < -0.4 is 10.1 Å². The maximum Gasteiger partial charge on any atom is 0.339 e. The zero-order valence-corrected chi connectivity index (χ0v) is 14.4. The Labute approximate surface area is 150 Å². The van der Waals surface area contributed by atoms with Crippen LogP contribution in [0.2, 0.25) is 0 Å². The summed E-state index contributed by atoms with van der Waals surface area (Å²) < 4.78 is 29.3. The van der Waals surface area contributed by atoms with Gasteiger partial charge in [-0.3, -0.25) is 4.79 Å². The molecule has 1 amide bonds. The molecule has 0 saturated carbocycles. The van der Waals surface area contributed by atoms with Crippen molar-refractivity contribution in [3.8, 4) is 11.5 Å². The van der Waals surface area contributed by atoms with Gasteiger partial charge in [0.1, 0.15) is 17.1 Å². The third kappa shape index (κ3) is 5.21. The largest absolute Gasteiger partial charge is 0.507 e. The fourth-order valence-electron chi connectivity index (χ4n) is 2.04. The molecule has 0 aliphatic carbocycles. The van der Waals surface area contributed by atoms with Crippen molar-refractivity contribution in [2.24, 2.45) is 0 Å². The van der Waals surface area contributed by atoms with E-state index in [0.717, 1.165) is 12.1 Å². The fraction of sp³-hybridized carbons (Fsp3) is 0.176. The number of phenols is 1. The van der Waals surface area contributed by atoms with Crippen LogP contribution in [-0.4, -0.2) is 43.0 Å². The Bertz CT molecular complexity index is 895. The average molecular weight is 379 g/mol. The number of amides is 1. The second-order valence-corrected chi connectivity index (χ2v) is 7.36. The van der Waals surface area contributed by atoms with Crippen LogP contribution in [-0.2, 0) is 14.6 Å². The van der Waals surface area contributed by atoms with E-state index in [0.29, 0.717) is 0 Å². The molecule has 8 nitrogen and oxygen atoms in total. The number of hydrogen-bond donors (Lipinski definition) is 3. The molecule has 0 fully saturated rings. The van der Waals surface area contributed by atoms with Gasteiger partial charge in [-0.1, -0.05) is 18.2 Å². The summed E-state index contributed by atoms with van der Waals surface area (Å²) in [7, 11) is -3.55. The molecule has 0 aliphatic heterocycles. The molecule has 2 rings (SSSR count). The lowest BCUT2D eigenvalue weighted by Crippen LogP contribution is -2.29. The minimum atomic E-state index is -3.55. The van der Waals surface area contributed by atoms with Gasteiger partial charge < -0.3 is 20.3 Å². The van der Waals surface area contributed by atoms with Crippen molar-refractivity contribution >= 4 is 21.7 Å². The Hall–Kier alpha value is -3.07. The second-order valence-electron chi connectivity index (χ2n) is 5.25. The van der Waals surface area contributed by atoms with Crippen LogP contribution >= 0.6 is 0 Å². The highest BCUT2D eigenvalue weighted by molar-refractivity contribution is 7.91. The molecule has 9 heteroatoms. The molecular formula is C17H17NO7S. The van der Waals surface area contributed by atoms with Gasteiger partial charge in [0.15, 0.2) is 16.6 Å². The van der Waals surface area contributed by atoms with Gasteiger partial charge in [-0.15, -0.1) is 0 Å². The first-order valence-electron chi connectivity index (χ1n) is 7.53. The number of sulfone groups is 1. The highest BCUT2D eigenvalue weighted by atomic mass is 32.2. The number of aromatic carboxylic acids is 1. The summed E-state index contributed by atoms with van der Waals surface area (Å²) in [4.78, 5) is 22.8. The first kappa shape index (κ1) is 19.3. The van der Waals surface area contributed by atoms with Crippen molar-refractivity contribution in [2.75, 3.05) is 12.5 Å². The van der Waals surface area contributed by atoms with E-state index in [4.69, 9.17) is 9.84 Å². The summed E-state index contributed by atoms with van der Waals surface area (Å²) in [5.74, 6) is -2.45. The SMILES string of the molecule is O=C(CCS(=O)(=O)c1ccccc1)NCOc1ccc(O)c(C(=O)O)c1. The minimum absolute atomic E-state index is 0.136. The molecule has 0 aromatic heterocycles. The predicted octanol–water partition coefficient (Wildman–Crippen LogP) is 1.41. The van der Waals surface area contributed by atoms with E-state index in [-0.39, 0.29) is 35.1 Å². The summed E-state index contributed by atoms with van der Waals surface area (Å²) in [6, 6.07) is 11.4. The number of carboxylic acids is 1. The van der Waals surface area contributed by atoms with Crippen molar-refractivity contribution in [3.63, 3.8) is 0 Å². The van der Waals surface area contributed by atoms with Gasteiger partial charge in [0, 0.05) is 6.42 Å². The lowest BCUT2D eigenvalue weighted by Gasteiger charge is -2.09. The number of benzene rings is 2. The fourth-order valence-corrected chi connectivity index (χ4v) is 3.30. The van der Waals surface area contributed by atoms with Crippen molar-refractivity contribution in [1.29, 1.82) is 0 Å². The predicted molar refractivity (Wildman–Crippen MR) is 91.8 cm³/mol. The Kier molecular flexibility index (Phi) is 6.18. The van der Waals surface area contributed by atoms with Crippen molar-refractivity contribution in [1.82, 2.24) is 5.32 Å². The molecule has 0 spiro atoms. The highest BCUT2D eigenvalue weighted by Gasteiger charge is 2.16. The zero-order valence-electron chi connectivity index (χ0n) is 13.6. The smallest absolute Gasteiger partial charge is 0.339 e. The summed E-state index contributed by atoms with van der Waals surface area (Å²) in [5, 5.41) is 20.7. The average Bonchev–Trinajstić information content (AvgIpc) is 2.62. The number of carbonyl (C=O) groups is 2. The van der Waals surface area contributed by atoms with Crippen LogP contribution in [0.5, 0.6) is 11.5 Å². The lowest BCUT2D eigenvalue weighted by molar-refractivity contribution is -0.121. The van der Waals surface area contributed by atoms with Crippen LogP contribution in [0.3, 0.4) is 0 Å². The van der Waals surface area contributed by atoms with Gasteiger partial charge in [0.2, 0.25) is 5.91 Å². The van der Waals surface area contributed by atoms with Gasteiger partial charge in [-0.05, 0) is 30.3 Å². The van der Waals surface area contributed by atoms with E-state index in [1.54, 1.807) is 18.2 Å². The van der Waals surface area contributed by atoms with Gasteiger partial charge in [0.05, 0.1) is 10.6 Å². The number of carbonyl (C=O) groups excluding carboxylic acids is 1. The Morgan fingerprint density at radius 3 is 2.42 bits per heavy atom. The first-order valence-corrected chi connectivity index (χ1v) is 9.18. The quantitative estimate of drug-likeness (QED) is 0.591. The van der Waals surface area contributed by atoms with E-state index in [1.165, 1.54) is 18.2 Å². The van der Waals surface area contributed by atoms with Gasteiger partial charge in [0.25, 0.3) is 0 Å². The highest BCUT2D eigenvalue weighted by Crippen LogP contribution is 2.22. The Balaban J connectivity index is 1.83. The van der Waals surface area contributed by atoms with Crippen LogP contribution in [0.15, 0.2) is 53.4 Å². The van der Waals surface area contributed by atoms with Crippen LogP contribution in [0, 0.1) is 0 Å². The van der Waals surface area contributed by atoms with E-state index in [2.05, 4.69) is 5.32 Å². The molecule has 0 saturated heterocycles. The molecule has 0 bridgehead atoms. The molecule has 2 aromatic carbocycles. The number of hydrogen-bond acceptors (Lipinski definition) is 6. The number of ether oxygens (including phenoxy) is 1. The first-order chi connectivity index (χ1) is 12.3. The number of nitrogens with one attached hydrogen (secondary N) is 1. The maximum atomic E-state index is 12.1. The molecule has 0 atom stereocenters. The van der Waals surface area contributed by atoms with E-state index in [1.807, 2.05) is 0 Å². The van der Waals surface area contributed by atoms with Crippen LogP contribution in [0.4, 0.5) is 0 Å². The van der Waals surface area contributed by atoms with Crippen LogP contribution in [0.25, 0.3) is 0 Å². The summed E-state index contributed by atoms with van der Waals surface area (Å²) in [5.41, 5.74) is -0.331. The molecule has 0 unspecified atom stereocenters. The minimum Gasteiger partial charge on any atom is -0.507 e. The molecule has 0 heterocycles. The molecule has 0 aliphatic rings. The third-order valence-electron chi connectivity index (χ3n) is 3.41. The molecule has 2 aromatic rings. The normalized spacial score (nSPS) is 10.9. The molecule has 138 valence electrons. The summed E-state index contributed by atoms with van der Waals surface area (Å²) >= 11 is 0. The standard InChI is InChI=1S/C17H17NO7S/c19-15-7-6-12(10-14(15)17(21)22)25-11-18-16(20)8-9-26(23,24)13-4-2-1-3-5-13/h1-7,10,19H,8-9,11H2,(H,18,20)(H,21,22).